The Kier molecular flexibility index (Phi) is 2.65. The number of nitriles is 1. The lowest BCUT2D eigenvalue weighted by atomic mass is 10.2. The van der Waals surface area contributed by atoms with Gasteiger partial charge in [0.2, 0.25) is 0 Å². The number of hydrogen-bond donors (Lipinski definition) is 0. The Hall–Kier alpha value is -1.68. The van der Waals surface area contributed by atoms with Gasteiger partial charge in [-0.25, -0.2) is 0 Å². The van der Waals surface area contributed by atoms with Crippen LogP contribution in [0.25, 0.3) is 20.0 Å². The van der Waals surface area contributed by atoms with Crippen LogP contribution in [0, 0.1) is 11.3 Å². The van der Waals surface area contributed by atoms with E-state index in [1.165, 1.54) is 28.2 Å². The zero-order valence-corrected chi connectivity index (χ0v) is 10.6. The van der Waals surface area contributed by atoms with Crippen LogP contribution in [0.4, 0.5) is 0 Å². The van der Waals surface area contributed by atoms with Crippen molar-refractivity contribution < 1.29 is 0 Å². The van der Waals surface area contributed by atoms with Gasteiger partial charge in [0.15, 0.2) is 0 Å². The number of hydrogen-bond acceptors (Lipinski definition) is 2. The van der Waals surface area contributed by atoms with Crippen molar-refractivity contribution in [3.63, 3.8) is 0 Å². The molecule has 80 valence electrons. The molecule has 1 nitrogen and oxygen atoms in total. The van der Waals surface area contributed by atoms with Gasteiger partial charge >= 0.3 is 0 Å². The van der Waals surface area contributed by atoms with Crippen molar-refractivity contribution in [1.82, 2.24) is 0 Å². The van der Waals surface area contributed by atoms with Crippen molar-refractivity contribution in [2.45, 2.75) is 0 Å². The summed E-state index contributed by atoms with van der Waals surface area (Å²) in [6, 6.07) is 18.4. The van der Waals surface area contributed by atoms with Gasteiger partial charge in [0, 0.05) is 9.82 Å². The molecule has 2 aromatic carbocycles. The second-order valence-electron chi connectivity index (χ2n) is 3.68. The van der Waals surface area contributed by atoms with Crippen molar-refractivity contribution in [1.29, 1.82) is 5.26 Å². The third-order valence-corrected chi connectivity index (χ3v) is 5.35. The molecule has 0 spiro atoms. The predicted molar refractivity (Wildman–Crippen MR) is 74.5 cm³/mol. The van der Waals surface area contributed by atoms with Crippen LogP contribution in [0.15, 0.2) is 48.5 Å². The fourth-order valence-corrected chi connectivity index (χ4v) is 4.35. The van der Waals surface area contributed by atoms with Crippen LogP contribution in [0.5, 0.6) is 0 Å². The molecule has 1 aromatic heterocycles. The minimum Gasteiger partial charge on any atom is -0.192 e. The van der Waals surface area contributed by atoms with E-state index in [1.54, 1.807) is 0 Å². The summed E-state index contributed by atoms with van der Waals surface area (Å²) in [4.78, 5) is 0. The van der Waals surface area contributed by atoms with E-state index >= 15 is 0 Å². The van der Waals surface area contributed by atoms with Gasteiger partial charge in [0.25, 0.3) is 0 Å². The second kappa shape index (κ2) is 4.30. The molecule has 17 heavy (non-hydrogen) atoms. The summed E-state index contributed by atoms with van der Waals surface area (Å²) < 4.78 is 2.68. The van der Waals surface area contributed by atoms with E-state index in [4.69, 9.17) is 5.26 Å². The lowest BCUT2D eigenvalue weighted by Crippen LogP contribution is -1.73. The molecule has 0 aliphatic rings. The van der Waals surface area contributed by atoms with Gasteiger partial charge in [-0.3, -0.25) is 0 Å². The lowest BCUT2D eigenvalue weighted by Gasteiger charge is -1.95. The normalized spacial score (nSPS) is 10.8. The molecular formula is C14H8NPS. The summed E-state index contributed by atoms with van der Waals surface area (Å²) >= 11 is 1.82. The number of nitrogens with zero attached hydrogens (tertiary/aromatic N) is 1. The van der Waals surface area contributed by atoms with Crippen molar-refractivity contribution >= 4 is 29.3 Å². The molecule has 0 saturated heterocycles. The average molecular weight is 253 g/mol. The number of fused-ring (bicyclic) bond motifs is 1. The second-order valence-corrected chi connectivity index (χ2v) is 6.18. The van der Waals surface area contributed by atoms with Crippen LogP contribution in [0.1, 0.15) is 5.56 Å². The third-order valence-electron chi connectivity index (χ3n) is 2.55. The molecule has 0 aliphatic carbocycles. The monoisotopic (exact) mass is 253 g/mol. The minimum atomic E-state index is 0.714. The van der Waals surface area contributed by atoms with E-state index in [-0.39, 0.29) is 0 Å². The maximum Gasteiger partial charge on any atom is 0.0991 e. The van der Waals surface area contributed by atoms with Gasteiger partial charge in [-0.05, 0) is 38.0 Å². The zero-order valence-electron chi connectivity index (χ0n) is 8.92. The first kappa shape index (κ1) is 10.5. The van der Waals surface area contributed by atoms with Crippen molar-refractivity contribution in [3.8, 4) is 16.2 Å². The largest absolute Gasteiger partial charge is 0.192 e. The van der Waals surface area contributed by atoms with Crippen molar-refractivity contribution in [2.24, 2.45) is 0 Å². The topological polar surface area (TPSA) is 23.8 Å². The SMILES string of the molecule is N#Cc1ccc(-c2pc3ccccc3s2)cc1. The Morgan fingerprint density at radius 1 is 1.00 bits per heavy atom. The number of rotatable bonds is 1. The smallest absolute Gasteiger partial charge is 0.0991 e. The van der Waals surface area contributed by atoms with E-state index in [0.29, 0.717) is 5.56 Å². The summed E-state index contributed by atoms with van der Waals surface area (Å²) in [5.41, 5.74) is 1.93. The van der Waals surface area contributed by atoms with E-state index in [1.807, 2.05) is 35.6 Å². The molecule has 0 atom stereocenters. The first-order valence-corrected chi connectivity index (χ1v) is 6.94. The van der Waals surface area contributed by atoms with Crippen LogP contribution in [0.2, 0.25) is 0 Å². The molecule has 0 fully saturated rings. The van der Waals surface area contributed by atoms with E-state index in [9.17, 15) is 0 Å². The molecule has 0 unspecified atom stereocenters. The minimum absolute atomic E-state index is 0.714. The van der Waals surface area contributed by atoms with E-state index in [2.05, 4.69) is 30.3 Å². The van der Waals surface area contributed by atoms with Gasteiger partial charge in [0.05, 0.1) is 16.2 Å². The molecule has 3 rings (SSSR count). The molecule has 3 heteroatoms. The van der Waals surface area contributed by atoms with Crippen LogP contribution in [-0.4, -0.2) is 0 Å². The van der Waals surface area contributed by atoms with Gasteiger partial charge in [-0.15, -0.1) is 11.3 Å². The Balaban J connectivity index is 2.11. The Labute approximate surface area is 105 Å². The predicted octanol–water partition coefficient (Wildman–Crippen LogP) is 5.02. The summed E-state index contributed by atoms with van der Waals surface area (Å²) in [5, 5.41) is 10.1. The highest BCUT2D eigenvalue weighted by Gasteiger charge is 2.04. The molecule has 3 aromatic rings. The molecule has 0 saturated carbocycles. The first-order valence-electron chi connectivity index (χ1n) is 5.23. The van der Waals surface area contributed by atoms with E-state index in [0.717, 1.165) is 0 Å². The highest BCUT2D eigenvalue weighted by atomic mass is 32.1. The highest BCUT2D eigenvalue weighted by molar-refractivity contribution is 7.54. The van der Waals surface area contributed by atoms with Gasteiger partial charge < -0.3 is 0 Å². The summed E-state index contributed by atoms with van der Waals surface area (Å²) in [5.74, 6) is 0. The zero-order chi connectivity index (χ0) is 11.7. The first-order chi connectivity index (χ1) is 8.36. The standard InChI is InChI=1S/C14H8NPS/c15-9-10-5-7-11(8-6-10)14-16-12-3-1-2-4-13(12)17-14/h1-8H. The molecule has 1 heterocycles. The summed E-state index contributed by atoms with van der Waals surface area (Å²) in [6.45, 7) is 0. The van der Waals surface area contributed by atoms with Crippen LogP contribution in [-0.2, 0) is 0 Å². The van der Waals surface area contributed by atoms with Gasteiger partial charge in [-0.2, -0.15) is 5.26 Å². The fraction of sp³-hybridized carbons (Fsp3) is 0. The maximum absolute atomic E-state index is 8.77. The Morgan fingerprint density at radius 3 is 2.47 bits per heavy atom. The van der Waals surface area contributed by atoms with Crippen LogP contribution in [0.3, 0.4) is 0 Å². The number of benzene rings is 2. The van der Waals surface area contributed by atoms with Crippen LogP contribution < -0.4 is 0 Å². The lowest BCUT2D eigenvalue weighted by molar-refractivity contribution is 1.49. The van der Waals surface area contributed by atoms with Gasteiger partial charge in [0.1, 0.15) is 0 Å². The molecule has 0 aliphatic heterocycles. The molecule has 0 radical (unpaired) electrons. The van der Waals surface area contributed by atoms with E-state index < -0.39 is 0 Å². The third kappa shape index (κ3) is 1.96. The van der Waals surface area contributed by atoms with Crippen molar-refractivity contribution in [2.75, 3.05) is 0 Å². The molecule has 0 amide bonds. The average Bonchev–Trinajstić information content (AvgIpc) is 2.82. The molecule has 0 N–H and O–H groups in total. The fourth-order valence-electron chi connectivity index (χ4n) is 1.68. The molecular weight excluding hydrogens is 245 g/mol. The highest BCUT2D eigenvalue weighted by Crippen LogP contribution is 2.42. The summed E-state index contributed by atoms with van der Waals surface area (Å²) in [7, 11) is 1.27. The Morgan fingerprint density at radius 2 is 1.76 bits per heavy atom. The maximum atomic E-state index is 8.77. The van der Waals surface area contributed by atoms with Crippen LogP contribution >= 0.6 is 19.5 Å². The van der Waals surface area contributed by atoms with Gasteiger partial charge in [-0.1, -0.05) is 24.3 Å². The quantitative estimate of drug-likeness (QED) is 0.597. The van der Waals surface area contributed by atoms with Crippen molar-refractivity contribution in [3.05, 3.63) is 54.1 Å². The molecule has 0 bridgehead atoms. The summed E-state index contributed by atoms with van der Waals surface area (Å²) in [6.07, 6.45) is 0. The Bertz CT molecular complexity index is 674.